The molecule has 0 heterocycles. The monoisotopic (exact) mass is 294 g/mol. The summed E-state index contributed by atoms with van der Waals surface area (Å²) in [5.74, 6) is -0.334. The van der Waals surface area contributed by atoms with Gasteiger partial charge in [0.1, 0.15) is 5.82 Å². The summed E-state index contributed by atoms with van der Waals surface area (Å²) in [6.07, 6.45) is 0. The largest absolute Gasteiger partial charge is 0.397 e. The van der Waals surface area contributed by atoms with E-state index in [9.17, 15) is 4.39 Å². The van der Waals surface area contributed by atoms with Crippen LogP contribution in [0.15, 0.2) is 40.9 Å². The van der Waals surface area contributed by atoms with Crippen molar-refractivity contribution in [1.29, 1.82) is 0 Å². The minimum Gasteiger partial charge on any atom is -0.397 e. The molecule has 0 amide bonds. The molecule has 0 unspecified atom stereocenters. The third-order valence-corrected chi connectivity index (χ3v) is 2.98. The highest BCUT2D eigenvalue weighted by atomic mass is 79.9. The molecule has 0 aromatic heterocycles. The lowest BCUT2D eigenvalue weighted by molar-refractivity contribution is 0.628. The van der Waals surface area contributed by atoms with Crippen molar-refractivity contribution in [2.45, 2.75) is 6.92 Å². The Morgan fingerprint density at radius 3 is 2.59 bits per heavy atom. The number of hydrogen-bond acceptors (Lipinski definition) is 2. The number of aryl methyl sites for hydroxylation is 1. The summed E-state index contributed by atoms with van der Waals surface area (Å²) in [5.41, 5.74) is 8.87. The molecule has 2 nitrogen and oxygen atoms in total. The Morgan fingerprint density at radius 1 is 1.12 bits per heavy atom. The zero-order chi connectivity index (χ0) is 12.4. The van der Waals surface area contributed by atoms with E-state index in [-0.39, 0.29) is 5.82 Å². The topological polar surface area (TPSA) is 38.0 Å². The van der Waals surface area contributed by atoms with Crippen LogP contribution in [-0.4, -0.2) is 0 Å². The summed E-state index contributed by atoms with van der Waals surface area (Å²) >= 11 is 3.41. The molecule has 17 heavy (non-hydrogen) atoms. The summed E-state index contributed by atoms with van der Waals surface area (Å²) in [5, 5.41) is 3.19. The standard InChI is InChI=1S/C13H12BrFN2/c1-8-2-3-9(14)6-13(8)17-12-5-4-10(15)7-11(12)16/h2-7,17H,16H2,1H3. The first-order valence-corrected chi connectivity index (χ1v) is 5.94. The Bertz CT molecular complexity index is 555. The highest BCUT2D eigenvalue weighted by Gasteiger charge is 2.04. The van der Waals surface area contributed by atoms with E-state index in [2.05, 4.69) is 21.2 Å². The second kappa shape index (κ2) is 4.75. The second-order valence-electron chi connectivity index (χ2n) is 3.82. The van der Waals surface area contributed by atoms with Gasteiger partial charge in [-0.1, -0.05) is 22.0 Å². The lowest BCUT2D eigenvalue weighted by Crippen LogP contribution is -1.98. The van der Waals surface area contributed by atoms with Gasteiger partial charge in [0, 0.05) is 10.2 Å². The zero-order valence-electron chi connectivity index (χ0n) is 9.30. The molecule has 0 aliphatic rings. The molecule has 2 aromatic rings. The Balaban J connectivity index is 2.34. The fourth-order valence-corrected chi connectivity index (χ4v) is 1.88. The van der Waals surface area contributed by atoms with Gasteiger partial charge in [-0.2, -0.15) is 0 Å². The van der Waals surface area contributed by atoms with E-state index in [1.165, 1.54) is 12.1 Å². The van der Waals surface area contributed by atoms with E-state index in [1.807, 2.05) is 25.1 Å². The van der Waals surface area contributed by atoms with Crippen molar-refractivity contribution >= 4 is 33.0 Å². The van der Waals surface area contributed by atoms with Crippen LogP contribution in [0.25, 0.3) is 0 Å². The fraction of sp³-hybridized carbons (Fsp3) is 0.0769. The fourth-order valence-electron chi connectivity index (χ4n) is 1.52. The minimum absolute atomic E-state index is 0.334. The van der Waals surface area contributed by atoms with E-state index >= 15 is 0 Å². The van der Waals surface area contributed by atoms with Crippen molar-refractivity contribution < 1.29 is 4.39 Å². The quantitative estimate of drug-likeness (QED) is 0.814. The summed E-state index contributed by atoms with van der Waals surface area (Å²) in [7, 11) is 0. The lowest BCUT2D eigenvalue weighted by atomic mass is 10.2. The van der Waals surface area contributed by atoms with Crippen molar-refractivity contribution in [2.75, 3.05) is 11.1 Å². The third-order valence-electron chi connectivity index (χ3n) is 2.48. The van der Waals surface area contributed by atoms with Gasteiger partial charge in [0.25, 0.3) is 0 Å². The first-order chi connectivity index (χ1) is 8.06. The van der Waals surface area contributed by atoms with Crippen LogP contribution in [0, 0.1) is 12.7 Å². The maximum absolute atomic E-state index is 12.9. The molecule has 0 bridgehead atoms. The Hall–Kier alpha value is -1.55. The first-order valence-electron chi connectivity index (χ1n) is 5.14. The highest BCUT2D eigenvalue weighted by Crippen LogP contribution is 2.27. The van der Waals surface area contributed by atoms with Crippen LogP contribution in [0.2, 0.25) is 0 Å². The number of nitrogens with one attached hydrogen (secondary N) is 1. The van der Waals surface area contributed by atoms with Crippen LogP contribution in [0.5, 0.6) is 0 Å². The zero-order valence-corrected chi connectivity index (χ0v) is 10.9. The molecule has 88 valence electrons. The molecule has 0 atom stereocenters. The number of halogens is 2. The minimum atomic E-state index is -0.334. The van der Waals surface area contributed by atoms with Crippen LogP contribution >= 0.6 is 15.9 Å². The SMILES string of the molecule is Cc1ccc(Br)cc1Nc1ccc(F)cc1N. The summed E-state index contributed by atoms with van der Waals surface area (Å²) in [4.78, 5) is 0. The van der Waals surface area contributed by atoms with Gasteiger partial charge in [0.15, 0.2) is 0 Å². The molecule has 0 aliphatic heterocycles. The highest BCUT2D eigenvalue weighted by molar-refractivity contribution is 9.10. The summed E-state index contributed by atoms with van der Waals surface area (Å²) in [6, 6.07) is 10.2. The Kier molecular flexibility index (Phi) is 3.33. The maximum atomic E-state index is 12.9. The molecule has 3 N–H and O–H groups in total. The van der Waals surface area contributed by atoms with Crippen molar-refractivity contribution in [3.05, 3.63) is 52.3 Å². The molecular weight excluding hydrogens is 283 g/mol. The van der Waals surface area contributed by atoms with Gasteiger partial charge in [-0.3, -0.25) is 0 Å². The van der Waals surface area contributed by atoms with Crippen molar-refractivity contribution in [2.24, 2.45) is 0 Å². The average Bonchev–Trinajstić information content (AvgIpc) is 2.27. The number of rotatable bonds is 2. The van der Waals surface area contributed by atoms with E-state index in [1.54, 1.807) is 6.07 Å². The van der Waals surface area contributed by atoms with Gasteiger partial charge >= 0.3 is 0 Å². The third kappa shape index (κ3) is 2.77. The number of hydrogen-bond donors (Lipinski definition) is 2. The molecular formula is C13H12BrFN2. The lowest BCUT2D eigenvalue weighted by Gasteiger charge is -2.12. The molecule has 0 aliphatic carbocycles. The van der Waals surface area contributed by atoms with Gasteiger partial charge in [-0.05, 0) is 42.8 Å². The van der Waals surface area contributed by atoms with Crippen molar-refractivity contribution in [3.63, 3.8) is 0 Å². The molecule has 0 saturated carbocycles. The van der Waals surface area contributed by atoms with Gasteiger partial charge < -0.3 is 11.1 Å². The van der Waals surface area contributed by atoms with Gasteiger partial charge in [0.05, 0.1) is 11.4 Å². The molecule has 2 aromatic carbocycles. The summed E-state index contributed by atoms with van der Waals surface area (Å²) < 4.78 is 13.9. The van der Waals surface area contributed by atoms with Crippen LogP contribution in [0.4, 0.5) is 21.5 Å². The number of nitrogens with two attached hydrogens (primary N) is 1. The van der Waals surface area contributed by atoms with Crippen LogP contribution in [0.3, 0.4) is 0 Å². The van der Waals surface area contributed by atoms with Crippen LogP contribution in [-0.2, 0) is 0 Å². The second-order valence-corrected chi connectivity index (χ2v) is 4.73. The number of benzene rings is 2. The average molecular weight is 295 g/mol. The molecule has 4 heteroatoms. The first kappa shape index (κ1) is 11.9. The Morgan fingerprint density at radius 2 is 1.88 bits per heavy atom. The molecule has 0 radical (unpaired) electrons. The predicted octanol–water partition coefficient (Wildman–Crippen LogP) is 4.22. The van der Waals surface area contributed by atoms with Crippen molar-refractivity contribution in [1.82, 2.24) is 0 Å². The molecule has 0 spiro atoms. The van der Waals surface area contributed by atoms with E-state index in [0.29, 0.717) is 11.4 Å². The van der Waals surface area contributed by atoms with Gasteiger partial charge in [-0.25, -0.2) is 4.39 Å². The number of nitrogen functional groups attached to an aromatic ring is 1. The van der Waals surface area contributed by atoms with E-state index in [0.717, 1.165) is 15.7 Å². The van der Waals surface area contributed by atoms with Gasteiger partial charge in [0.2, 0.25) is 0 Å². The van der Waals surface area contributed by atoms with Crippen LogP contribution in [0.1, 0.15) is 5.56 Å². The van der Waals surface area contributed by atoms with Crippen molar-refractivity contribution in [3.8, 4) is 0 Å². The summed E-state index contributed by atoms with van der Waals surface area (Å²) in [6.45, 7) is 1.99. The van der Waals surface area contributed by atoms with E-state index in [4.69, 9.17) is 5.73 Å². The molecule has 2 rings (SSSR count). The predicted molar refractivity (Wildman–Crippen MR) is 73.0 cm³/mol. The number of anilines is 3. The van der Waals surface area contributed by atoms with Crippen LogP contribution < -0.4 is 11.1 Å². The maximum Gasteiger partial charge on any atom is 0.125 e. The van der Waals surface area contributed by atoms with Gasteiger partial charge in [-0.15, -0.1) is 0 Å². The molecule has 0 fully saturated rings. The molecule has 0 saturated heterocycles. The van der Waals surface area contributed by atoms with E-state index < -0.39 is 0 Å². The normalized spacial score (nSPS) is 10.3. The Labute approximate surface area is 108 Å². The smallest absolute Gasteiger partial charge is 0.125 e.